The van der Waals surface area contributed by atoms with Crippen LogP contribution in [-0.4, -0.2) is 19.1 Å². The molecule has 0 amide bonds. The van der Waals surface area contributed by atoms with Gasteiger partial charge in [-0.1, -0.05) is 206 Å². The maximum absolute atomic E-state index is 10.9. The first-order valence-electron chi connectivity index (χ1n) is 26.5. The van der Waals surface area contributed by atoms with Crippen molar-refractivity contribution >= 4 is 65.6 Å². The zero-order valence-electron chi connectivity index (χ0n) is 41.8. The summed E-state index contributed by atoms with van der Waals surface area (Å²) < 4.78 is 12.3. The zero-order valence-corrected chi connectivity index (χ0v) is 41.8. The summed E-state index contributed by atoms with van der Waals surface area (Å²) in [5.41, 5.74) is 21.4. The van der Waals surface area contributed by atoms with E-state index in [0.717, 1.165) is 82.6 Å². The second-order valence-corrected chi connectivity index (χ2v) is 20.5. The van der Waals surface area contributed by atoms with E-state index < -0.39 is 5.41 Å². The van der Waals surface area contributed by atoms with E-state index in [1.54, 1.807) is 0 Å². The molecule has 4 heterocycles. The molecule has 2 aliphatic carbocycles. The van der Waals surface area contributed by atoms with Crippen molar-refractivity contribution in [1.29, 1.82) is 5.26 Å². The Hall–Kier alpha value is -10.6. The molecular weight excluding hydrogens is 951 g/mol. The maximum atomic E-state index is 10.9. The molecule has 0 fully saturated rings. The van der Waals surface area contributed by atoms with Crippen molar-refractivity contribution < 1.29 is 4.42 Å². The molecule has 0 saturated carbocycles. The summed E-state index contributed by atoms with van der Waals surface area (Å²) in [6.07, 6.45) is 0. The lowest BCUT2D eigenvalue weighted by atomic mass is 9.69. The van der Waals surface area contributed by atoms with Crippen LogP contribution in [0.5, 0.6) is 0 Å². The number of benzene rings is 11. The second-order valence-electron chi connectivity index (χ2n) is 20.5. The summed E-state index contributed by atoms with van der Waals surface area (Å²) in [7, 11) is 0. The van der Waals surface area contributed by atoms with E-state index in [1.807, 2.05) is 72.8 Å². The van der Waals surface area contributed by atoms with Gasteiger partial charge in [-0.3, -0.25) is 0 Å². The Morgan fingerprint density at radius 2 is 0.910 bits per heavy atom. The van der Waals surface area contributed by atoms with Gasteiger partial charge in [0, 0.05) is 60.3 Å². The first kappa shape index (κ1) is 42.7. The first-order valence-corrected chi connectivity index (χ1v) is 26.5. The van der Waals surface area contributed by atoms with Gasteiger partial charge in [-0.2, -0.15) is 5.26 Å². The minimum absolute atomic E-state index is 0.421. The standard InChI is InChI=1S/C72H41N5O/c73-42-53-66(43-22-4-1-5-23-43)74-71(75-67(53)44-24-6-2-7-25-44)52-40-41-59(70-61(52)51-33-15-21-39-60(51)78-70)77-58-38-20-13-31-49(58)63-65-62(68-64(69(63)77)50-32-14-19-37-57(50)76(68)45-26-8-3-9-27-45)48-30-12-18-36-56(48)72(65)54-34-16-10-28-46(54)47-29-11-17-35-55(47)72/h1-41H. The average molecular weight is 992 g/mol. The van der Waals surface area contributed by atoms with Gasteiger partial charge in [0.1, 0.15) is 17.2 Å². The number of rotatable bonds is 5. The molecule has 17 rings (SSSR count). The van der Waals surface area contributed by atoms with Crippen LogP contribution >= 0.6 is 0 Å². The molecule has 0 N–H and O–H groups in total. The number of para-hydroxylation sites is 4. The minimum atomic E-state index is -0.670. The maximum Gasteiger partial charge on any atom is 0.161 e. The molecule has 15 aromatic rings. The van der Waals surface area contributed by atoms with Crippen molar-refractivity contribution in [3.05, 3.63) is 277 Å². The van der Waals surface area contributed by atoms with Crippen molar-refractivity contribution in [2.24, 2.45) is 0 Å². The molecule has 0 unspecified atom stereocenters. The second kappa shape index (κ2) is 16.0. The van der Waals surface area contributed by atoms with E-state index in [4.69, 9.17) is 14.4 Å². The number of furan rings is 1. The van der Waals surface area contributed by atoms with Gasteiger partial charge in [-0.15, -0.1) is 0 Å². The number of nitrogens with zero attached hydrogens (tertiary/aromatic N) is 5. The minimum Gasteiger partial charge on any atom is -0.454 e. The van der Waals surface area contributed by atoms with Crippen molar-refractivity contribution in [3.63, 3.8) is 0 Å². The van der Waals surface area contributed by atoms with Crippen molar-refractivity contribution in [2.45, 2.75) is 5.41 Å². The fourth-order valence-corrected chi connectivity index (χ4v) is 13.9. The summed E-state index contributed by atoms with van der Waals surface area (Å²) >= 11 is 0. The van der Waals surface area contributed by atoms with Gasteiger partial charge < -0.3 is 13.6 Å². The van der Waals surface area contributed by atoms with Crippen LogP contribution in [0.2, 0.25) is 0 Å². The highest BCUT2D eigenvalue weighted by Crippen LogP contribution is 2.67. The summed E-state index contributed by atoms with van der Waals surface area (Å²) in [5.74, 6) is 0.501. The monoisotopic (exact) mass is 991 g/mol. The smallest absolute Gasteiger partial charge is 0.161 e. The lowest BCUT2D eigenvalue weighted by Gasteiger charge is -2.31. The highest BCUT2D eigenvalue weighted by molar-refractivity contribution is 6.33. The molecule has 0 radical (unpaired) electrons. The summed E-state index contributed by atoms with van der Waals surface area (Å²) in [6.45, 7) is 0. The topological polar surface area (TPSA) is 72.6 Å². The molecule has 0 atom stereocenters. The molecule has 360 valence electrons. The van der Waals surface area contributed by atoms with Crippen LogP contribution in [0.4, 0.5) is 0 Å². The van der Waals surface area contributed by atoms with E-state index in [0.29, 0.717) is 28.4 Å². The van der Waals surface area contributed by atoms with Gasteiger partial charge in [-0.05, 0) is 81.4 Å². The van der Waals surface area contributed by atoms with Crippen molar-refractivity contribution in [2.75, 3.05) is 0 Å². The Kier molecular flexibility index (Phi) is 8.74. The molecule has 11 aromatic carbocycles. The number of hydrogen-bond acceptors (Lipinski definition) is 4. The molecule has 6 heteroatoms. The summed E-state index contributed by atoms with van der Waals surface area (Å²) in [5, 5.41) is 17.4. The van der Waals surface area contributed by atoms with Crippen LogP contribution in [0.1, 0.15) is 27.8 Å². The quantitative estimate of drug-likeness (QED) is 0.172. The van der Waals surface area contributed by atoms with Crippen molar-refractivity contribution in [3.8, 4) is 73.6 Å². The number of hydrogen-bond donors (Lipinski definition) is 0. The molecule has 1 spiro atoms. The molecule has 0 bridgehead atoms. The SMILES string of the molecule is N#Cc1c(-c2ccccc2)nc(-c2ccc(-n3c4ccccc4c4c5c(c6c(c7ccccc7n6-c6ccccc6)c43)-c3ccccc3C53c4ccccc4-c4ccccc43)c3oc4ccccc4c23)nc1-c1ccccc1. The Bertz CT molecular complexity index is 4990. The molecular formula is C72H41N5O. The molecule has 0 saturated heterocycles. The Morgan fingerprint density at radius 1 is 0.410 bits per heavy atom. The van der Waals surface area contributed by atoms with Gasteiger partial charge >= 0.3 is 0 Å². The Balaban J connectivity index is 1.08. The average Bonchev–Trinajstić information content (AvgIpc) is 2.35. The van der Waals surface area contributed by atoms with Gasteiger partial charge in [0.05, 0.1) is 44.6 Å². The molecule has 6 nitrogen and oxygen atoms in total. The van der Waals surface area contributed by atoms with Crippen molar-refractivity contribution in [1.82, 2.24) is 19.1 Å². The van der Waals surface area contributed by atoms with E-state index in [2.05, 4.69) is 191 Å². The van der Waals surface area contributed by atoms with Crippen LogP contribution < -0.4 is 0 Å². The molecule has 78 heavy (non-hydrogen) atoms. The predicted molar refractivity (Wildman–Crippen MR) is 315 cm³/mol. The lowest BCUT2D eigenvalue weighted by Crippen LogP contribution is -2.26. The fourth-order valence-electron chi connectivity index (χ4n) is 13.9. The summed E-state index contributed by atoms with van der Waals surface area (Å²) in [6, 6.07) is 91.2. The third-order valence-electron chi connectivity index (χ3n) is 16.8. The van der Waals surface area contributed by atoms with E-state index in [1.165, 1.54) is 49.9 Å². The fraction of sp³-hybridized carbons (Fsp3) is 0.0139. The van der Waals surface area contributed by atoms with Crippen LogP contribution in [0.3, 0.4) is 0 Å². The van der Waals surface area contributed by atoms with Crippen LogP contribution in [-0.2, 0) is 5.41 Å². The number of aromatic nitrogens is 4. The molecule has 4 aromatic heterocycles. The van der Waals surface area contributed by atoms with E-state index in [9.17, 15) is 5.26 Å². The Labute approximate surface area is 447 Å². The van der Waals surface area contributed by atoms with Crippen LogP contribution in [0.25, 0.3) is 133 Å². The normalized spacial score (nSPS) is 13.0. The van der Waals surface area contributed by atoms with E-state index in [-0.39, 0.29) is 0 Å². The van der Waals surface area contributed by atoms with Gasteiger partial charge in [0.15, 0.2) is 11.4 Å². The third kappa shape index (κ3) is 5.48. The highest BCUT2D eigenvalue weighted by Gasteiger charge is 2.54. The third-order valence-corrected chi connectivity index (χ3v) is 16.8. The largest absolute Gasteiger partial charge is 0.454 e. The number of fused-ring (bicyclic) bond motifs is 22. The van der Waals surface area contributed by atoms with Gasteiger partial charge in [-0.25, -0.2) is 9.97 Å². The zero-order chi connectivity index (χ0) is 51.2. The van der Waals surface area contributed by atoms with Gasteiger partial charge in [0.25, 0.3) is 0 Å². The lowest BCUT2D eigenvalue weighted by molar-refractivity contribution is 0.666. The predicted octanol–water partition coefficient (Wildman–Crippen LogP) is 17.8. The molecule has 2 aliphatic rings. The van der Waals surface area contributed by atoms with E-state index >= 15 is 0 Å². The van der Waals surface area contributed by atoms with Crippen LogP contribution in [0.15, 0.2) is 253 Å². The molecule has 0 aliphatic heterocycles. The van der Waals surface area contributed by atoms with Gasteiger partial charge in [0.2, 0.25) is 0 Å². The first-order chi connectivity index (χ1) is 38.7. The van der Waals surface area contributed by atoms with Crippen LogP contribution in [0, 0.1) is 11.3 Å². The highest BCUT2D eigenvalue weighted by atomic mass is 16.3. The summed E-state index contributed by atoms with van der Waals surface area (Å²) in [4.78, 5) is 10.7. The number of nitriles is 1. The Morgan fingerprint density at radius 3 is 1.54 bits per heavy atom.